The highest BCUT2D eigenvalue weighted by Gasteiger charge is 2.14. The van der Waals surface area contributed by atoms with Crippen molar-refractivity contribution < 1.29 is 0 Å². The van der Waals surface area contributed by atoms with Crippen LogP contribution >= 0.6 is 0 Å². The second-order valence-corrected chi connectivity index (χ2v) is 3.42. The van der Waals surface area contributed by atoms with Gasteiger partial charge in [0.1, 0.15) is 5.82 Å². The molecule has 0 saturated carbocycles. The Balaban J connectivity index is 2.28. The first kappa shape index (κ1) is 8.29. The van der Waals surface area contributed by atoms with Gasteiger partial charge in [0.15, 0.2) is 0 Å². The number of rotatable bonds is 1. The van der Waals surface area contributed by atoms with Crippen LogP contribution in [0.4, 0.5) is 11.8 Å². The summed E-state index contributed by atoms with van der Waals surface area (Å²) < 4.78 is 0. The Morgan fingerprint density at radius 2 is 2.00 bits per heavy atom. The zero-order valence-electron chi connectivity index (χ0n) is 7.82. The average molecular weight is 178 g/mol. The number of nitrogens with two attached hydrogens (primary N) is 1. The molecule has 1 aromatic rings. The fourth-order valence-corrected chi connectivity index (χ4v) is 1.68. The molecule has 0 bridgehead atoms. The van der Waals surface area contributed by atoms with Crippen molar-refractivity contribution in [1.29, 1.82) is 0 Å². The van der Waals surface area contributed by atoms with Gasteiger partial charge in [0.05, 0.1) is 0 Å². The predicted octanol–water partition coefficient (Wildman–Crippen LogP) is 0.967. The maximum Gasteiger partial charge on any atom is 0.222 e. The first-order valence-corrected chi connectivity index (χ1v) is 4.62. The van der Waals surface area contributed by atoms with E-state index in [1.807, 2.05) is 13.0 Å². The predicted molar refractivity (Wildman–Crippen MR) is 52.6 cm³/mol. The fourth-order valence-electron chi connectivity index (χ4n) is 1.68. The lowest BCUT2D eigenvalue weighted by molar-refractivity contribution is 0.925. The molecule has 2 heterocycles. The largest absolute Gasteiger partial charge is 0.368 e. The van der Waals surface area contributed by atoms with Crippen LogP contribution < -0.4 is 10.6 Å². The van der Waals surface area contributed by atoms with Crippen LogP contribution in [0.2, 0.25) is 0 Å². The molecule has 4 heteroatoms. The molecule has 2 N–H and O–H groups in total. The molecule has 0 radical (unpaired) electrons. The highest BCUT2D eigenvalue weighted by molar-refractivity contribution is 5.43. The van der Waals surface area contributed by atoms with Crippen molar-refractivity contribution in [3.63, 3.8) is 0 Å². The molecule has 1 aliphatic heterocycles. The second kappa shape index (κ2) is 3.20. The van der Waals surface area contributed by atoms with Crippen molar-refractivity contribution in [2.45, 2.75) is 19.8 Å². The molecule has 1 aliphatic rings. The van der Waals surface area contributed by atoms with Crippen LogP contribution in [-0.2, 0) is 0 Å². The molecule has 1 aromatic heterocycles. The highest BCUT2D eigenvalue weighted by atomic mass is 15.2. The van der Waals surface area contributed by atoms with Crippen LogP contribution in [0.25, 0.3) is 0 Å². The number of nitrogen functional groups attached to an aromatic ring is 1. The van der Waals surface area contributed by atoms with Crippen LogP contribution in [0, 0.1) is 6.92 Å². The molecule has 0 atom stereocenters. The van der Waals surface area contributed by atoms with Crippen LogP contribution in [0.3, 0.4) is 0 Å². The van der Waals surface area contributed by atoms with Crippen LogP contribution in [0.5, 0.6) is 0 Å². The monoisotopic (exact) mass is 178 g/mol. The summed E-state index contributed by atoms with van der Waals surface area (Å²) in [7, 11) is 0. The van der Waals surface area contributed by atoms with Crippen LogP contribution in [0.1, 0.15) is 18.5 Å². The van der Waals surface area contributed by atoms with Gasteiger partial charge in [-0.1, -0.05) is 0 Å². The molecular formula is C9H14N4. The van der Waals surface area contributed by atoms with Gasteiger partial charge in [-0.2, -0.15) is 4.98 Å². The third kappa shape index (κ3) is 1.71. The van der Waals surface area contributed by atoms with Crippen LogP contribution in [0.15, 0.2) is 6.07 Å². The molecule has 4 nitrogen and oxygen atoms in total. The van der Waals surface area contributed by atoms with E-state index in [4.69, 9.17) is 5.73 Å². The van der Waals surface area contributed by atoms with E-state index in [1.54, 1.807) is 0 Å². The number of aryl methyl sites for hydroxylation is 1. The minimum absolute atomic E-state index is 0.377. The fraction of sp³-hybridized carbons (Fsp3) is 0.556. The Hall–Kier alpha value is -1.32. The van der Waals surface area contributed by atoms with E-state index >= 15 is 0 Å². The third-order valence-corrected chi connectivity index (χ3v) is 2.29. The Bertz CT molecular complexity index is 284. The second-order valence-electron chi connectivity index (χ2n) is 3.42. The molecule has 1 fully saturated rings. The standard InChI is InChI=1S/C9H14N4/c1-7-6-8(12-9(10)11-7)13-4-2-3-5-13/h6H,2-5H2,1H3,(H2,10,11,12). The van der Waals surface area contributed by atoms with E-state index in [1.165, 1.54) is 12.8 Å². The van der Waals surface area contributed by atoms with E-state index in [9.17, 15) is 0 Å². The van der Waals surface area contributed by atoms with Gasteiger partial charge in [0, 0.05) is 24.8 Å². The van der Waals surface area contributed by atoms with Crippen molar-refractivity contribution in [3.8, 4) is 0 Å². The zero-order valence-corrected chi connectivity index (χ0v) is 7.82. The van der Waals surface area contributed by atoms with E-state index in [2.05, 4.69) is 14.9 Å². The number of hydrogen-bond acceptors (Lipinski definition) is 4. The number of hydrogen-bond donors (Lipinski definition) is 1. The minimum atomic E-state index is 0.377. The lowest BCUT2D eigenvalue weighted by Crippen LogP contribution is -2.19. The van der Waals surface area contributed by atoms with Crippen molar-refractivity contribution in [3.05, 3.63) is 11.8 Å². The van der Waals surface area contributed by atoms with E-state index in [0.717, 1.165) is 24.6 Å². The number of nitrogens with zero attached hydrogens (tertiary/aromatic N) is 3. The molecule has 0 amide bonds. The van der Waals surface area contributed by atoms with Crippen molar-refractivity contribution >= 4 is 11.8 Å². The lowest BCUT2D eigenvalue weighted by Gasteiger charge is -2.16. The molecule has 0 aliphatic carbocycles. The summed E-state index contributed by atoms with van der Waals surface area (Å²) in [5.41, 5.74) is 6.52. The SMILES string of the molecule is Cc1cc(N2CCCC2)nc(N)n1. The van der Waals surface area contributed by atoms with E-state index < -0.39 is 0 Å². The Kier molecular flexibility index (Phi) is 2.04. The summed E-state index contributed by atoms with van der Waals surface area (Å²) in [5.74, 6) is 1.35. The minimum Gasteiger partial charge on any atom is -0.368 e. The summed E-state index contributed by atoms with van der Waals surface area (Å²) in [5, 5.41) is 0. The van der Waals surface area contributed by atoms with Crippen molar-refractivity contribution in [2.75, 3.05) is 23.7 Å². The van der Waals surface area contributed by atoms with Gasteiger partial charge in [-0.05, 0) is 19.8 Å². The first-order valence-electron chi connectivity index (χ1n) is 4.62. The van der Waals surface area contributed by atoms with Gasteiger partial charge in [-0.3, -0.25) is 0 Å². The van der Waals surface area contributed by atoms with Gasteiger partial charge in [-0.25, -0.2) is 4.98 Å². The first-order chi connectivity index (χ1) is 6.25. The molecule has 2 rings (SSSR count). The summed E-state index contributed by atoms with van der Waals surface area (Å²) in [4.78, 5) is 10.5. The maximum atomic E-state index is 5.58. The van der Waals surface area contributed by atoms with E-state index in [-0.39, 0.29) is 0 Å². The molecule has 13 heavy (non-hydrogen) atoms. The van der Waals surface area contributed by atoms with Gasteiger partial charge >= 0.3 is 0 Å². The topological polar surface area (TPSA) is 55.0 Å². The molecule has 0 aromatic carbocycles. The van der Waals surface area contributed by atoms with Gasteiger partial charge in [0.25, 0.3) is 0 Å². The van der Waals surface area contributed by atoms with E-state index in [0.29, 0.717) is 5.95 Å². The molecule has 0 spiro atoms. The van der Waals surface area contributed by atoms with Crippen molar-refractivity contribution in [1.82, 2.24) is 9.97 Å². The van der Waals surface area contributed by atoms with Crippen molar-refractivity contribution in [2.24, 2.45) is 0 Å². The summed E-state index contributed by atoms with van der Waals surface area (Å²) in [6.07, 6.45) is 2.51. The molecule has 1 saturated heterocycles. The smallest absolute Gasteiger partial charge is 0.222 e. The Morgan fingerprint density at radius 1 is 1.31 bits per heavy atom. The summed E-state index contributed by atoms with van der Waals surface area (Å²) in [6, 6.07) is 1.99. The molecule has 0 unspecified atom stereocenters. The van der Waals surface area contributed by atoms with Gasteiger partial charge < -0.3 is 10.6 Å². The summed E-state index contributed by atoms with van der Waals surface area (Å²) in [6.45, 7) is 4.13. The number of anilines is 2. The van der Waals surface area contributed by atoms with Gasteiger partial charge in [0.2, 0.25) is 5.95 Å². The third-order valence-electron chi connectivity index (χ3n) is 2.29. The zero-order chi connectivity index (χ0) is 9.26. The molecule has 70 valence electrons. The van der Waals surface area contributed by atoms with Crippen LogP contribution in [-0.4, -0.2) is 23.1 Å². The summed E-state index contributed by atoms with van der Waals surface area (Å²) >= 11 is 0. The lowest BCUT2D eigenvalue weighted by atomic mass is 10.4. The number of aromatic nitrogens is 2. The average Bonchev–Trinajstić information content (AvgIpc) is 2.53. The highest BCUT2D eigenvalue weighted by Crippen LogP contribution is 2.18. The maximum absolute atomic E-state index is 5.58. The quantitative estimate of drug-likeness (QED) is 0.696. The Labute approximate surface area is 77.8 Å². The Morgan fingerprint density at radius 3 is 2.62 bits per heavy atom. The normalized spacial score (nSPS) is 16.5. The molecular weight excluding hydrogens is 164 g/mol. The van der Waals surface area contributed by atoms with Gasteiger partial charge in [-0.15, -0.1) is 0 Å².